The van der Waals surface area contributed by atoms with Crippen molar-refractivity contribution in [2.75, 3.05) is 13.7 Å². The van der Waals surface area contributed by atoms with Gasteiger partial charge < -0.3 is 19.5 Å². The summed E-state index contributed by atoms with van der Waals surface area (Å²) in [7, 11) is 1.60. The molecule has 2 aromatic carbocycles. The number of Topliss-reactive ketones (excluding diaryl/α,β-unsaturated/α-hetero) is 1. The predicted molar refractivity (Wildman–Crippen MR) is 148 cm³/mol. The summed E-state index contributed by atoms with van der Waals surface area (Å²) in [5.41, 5.74) is 8.07. The highest BCUT2D eigenvalue weighted by atomic mass is 16.5. The van der Waals surface area contributed by atoms with Crippen LogP contribution in [-0.4, -0.2) is 25.5 Å². The number of esters is 1. The van der Waals surface area contributed by atoms with E-state index in [2.05, 4.69) is 52.1 Å². The van der Waals surface area contributed by atoms with E-state index < -0.39 is 11.9 Å². The zero-order valence-electron chi connectivity index (χ0n) is 23.8. The standard InChI is InChI=1S/C32H39NO5/c1-9-37-31(35)28-21(5)33-24-15-32(6,7)16-25(34)30(24)29(28)22-10-11-26(27(14-22)36-8)38-17-23-19(3)12-18(2)13-20(23)4/h10-14,29,33H,9,15-17H2,1-8H3/t29-/m0/s1. The normalized spacial score (nSPS) is 18.6. The lowest BCUT2D eigenvalue weighted by atomic mass is 9.68. The van der Waals surface area contributed by atoms with Crippen molar-refractivity contribution in [1.29, 1.82) is 0 Å². The van der Waals surface area contributed by atoms with Crippen LogP contribution in [-0.2, 0) is 20.9 Å². The zero-order chi connectivity index (χ0) is 27.8. The van der Waals surface area contributed by atoms with Crippen molar-refractivity contribution < 1.29 is 23.8 Å². The largest absolute Gasteiger partial charge is 0.493 e. The summed E-state index contributed by atoms with van der Waals surface area (Å²) in [6.45, 7) is 14.8. The Hall–Kier alpha value is -3.54. The lowest BCUT2D eigenvalue weighted by Crippen LogP contribution is -2.38. The van der Waals surface area contributed by atoms with Crippen molar-refractivity contribution in [2.24, 2.45) is 5.41 Å². The Bertz CT molecular complexity index is 1320. The molecule has 1 aliphatic heterocycles. The number of hydrogen-bond acceptors (Lipinski definition) is 6. The Kier molecular flexibility index (Phi) is 7.73. The highest BCUT2D eigenvalue weighted by Crippen LogP contribution is 2.48. The van der Waals surface area contributed by atoms with E-state index in [1.54, 1.807) is 14.0 Å². The van der Waals surface area contributed by atoms with Gasteiger partial charge in [-0.1, -0.05) is 37.6 Å². The quantitative estimate of drug-likeness (QED) is 0.431. The van der Waals surface area contributed by atoms with Crippen LogP contribution in [0.4, 0.5) is 0 Å². The maximum atomic E-state index is 13.5. The van der Waals surface area contributed by atoms with Crippen LogP contribution < -0.4 is 14.8 Å². The lowest BCUT2D eigenvalue weighted by Gasteiger charge is -2.39. The van der Waals surface area contributed by atoms with Gasteiger partial charge in [0.25, 0.3) is 0 Å². The number of carbonyl (C=O) groups is 2. The number of ether oxygens (including phenoxy) is 3. The van der Waals surface area contributed by atoms with E-state index in [4.69, 9.17) is 14.2 Å². The number of rotatable bonds is 7. The van der Waals surface area contributed by atoms with E-state index in [-0.39, 0.29) is 17.8 Å². The molecule has 1 atom stereocenters. The first-order valence-corrected chi connectivity index (χ1v) is 13.2. The summed E-state index contributed by atoms with van der Waals surface area (Å²) in [6, 6.07) is 9.98. The summed E-state index contributed by atoms with van der Waals surface area (Å²) < 4.78 is 17.4. The molecule has 0 unspecified atom stereocenters. The minimum absolute atomic E-state index is 0.0488. The van der Waals surface area contributed by atoms with Crippen LogP contribution in [0.3, 0.4) is 0 Å². The fourth-order valence-electron chi connectivity index (χ4n) is 5.82. The molecule has 1 N–H and O–H groups in total. The summed E-state index contributed by atoms with van der Waals surface area (Å²) in [5.74, 6) is 0.241. The number of dihydropyridines is 1. The van der Waals surface area contributed by atoms with Gasteiger partial charge in [-0.3, -0.25) is 4.79 Å². The van der Waals surface area contributed by atoms with Crippen molar-refractivity contribution in [2.45, 2.75) is 73.8 Å². The van der Waals surface area contributed by atoms with Crippen LogP contribution in [0.1, 0.15) is 74.3 Å². The smallest absolute Gasteiger partial charge is 0.336 e. The molecule has 1 heterocycles. The van der Waals surface area contributed by atoms with Crippen molar-refractivity contribution in [1.82, 2.24) is 5.32 Å². The third kappa shape index (κ3) is 5.35. The van der Waals surface area contributed by atoms with Gasteiger partial charge in [-0.15, -0.1) is 0 Å². The second-order valence-electron chi connectivity index (χ2n) is 11.2. The fourth-order valence-corrected chi connectivity index (χ4v) is 5.82. The number of ketones is 1. The third-order valence-electron chi connectivity index (χ3n) is 7.47. The van der Waals surface area contributed by atoms with Gasteiger partial charge in [0.05, 0.1) is 19.3 Å². The van der Waals surface area contributed by atoms with Gasteiger partial charge in [-0.2, -0.15) is 0 Å². The molecule has 38 heavy (non-hydrogen) atoms. The maximum absolute atomic E-state index is 13.5. The van der Waals surface area contributed by atoms with Crippen LogP contribution in [0.25, 0.3) is 0 Å². The molecule has 0 bridgehead atoms. The molecule has 0 spiro atoms. The minimum Gasteiger partial charge on any atom is -0.493 e. The Balaban J connectivity index is 1.75. The molecule has 202 valence electrons. The molecule has 2 aliphatic rings. The first-order chi connectivity index (χ1) is 18.0. The Morgan fingerprint density at radius 2 is 1.71 bits per heavy atom. The van der Waals surface area contributed by atoms with Crippen molar-refractivity contribution in [3.8, 4) is 11.5 Å². The van der Waals surface area contributed by atoms with Gasteiger partial charge in [0.2, 0.25) is 0 Å². The average Bonchev–Trinajstić information content (AvgIpc) is 2.81. The molecular formula is C32H39NO5. The van der Waals surface area contributed by atoms with Crippen LogP contribution in [0.15, 0.2) is 52.9 Å². The lowest BCUT2D eigenvalue weighted by molar-refractivity contribution is -0.138. The second-order valence-corrected chi connectivity index (χ2v) is 11.2. The van der Waals surface area contributed by atoms with Crippen LogP contribution in [0, 0.1) is 26.2 Å². The highest BCUT2D eigenvalue weighted by molar-refractivity contribution is 6.04. The van der Waals surface area contributed by atoms with Gasteiger partial charge in [0, 0.05) is 29.3 Å². The molecule has 0 aromatic heterocycles. The van der Waals surface area contributed by atoms with Crippen molar-refractivity contribution in [3.63, 3.8) is 0 Å². The van der Waals surface area contributed by atoms with E-state index in [1.807, 2.05) is 25.1 Å². The number of carbonyl (C=O) groups excluding carboxylic acids is 2. The molecule has 0 saturated carbocycles. The van der Waals surface area contributed by atoms with Gasteiger partial charge >= 0.3 is 5.97 Å². The van der Waals surface area contributed by atoms with Crippen LogP contribution in [0.5, 0.6) is 11.5 Å². The SMILES string of the molecule is CCOC(=O)C1=C(C)NC2=C(C(=O)CC(C)(C)C2)[C@H]1c1ccc(OCc2c(C)cc(C)cc2C)c(OC)c1. The number of hydrogen-bond donors (Lipinski definition) is 1. The molecule has 0 saturated heterocycles. The number of aryl methyl sites for hydroxylation is 3. The predicted octanol–water partition coefficient (Wildman–Crippen LogP) is 6.37. The van der Waals surface area contributed by atoms with Crippen LogP contribution in [0.2, 0.25) is 0 Å². The van der Waals surface area contributed by atoms with E-state index in [9.17, 15) is 9.59 Å². The first kappa shape index (κ1) is 27.5. The minimum atomic E-state index is -0.543. The molecule has 0 amide bonds. The highest BCUT2D eigenvalue weighted by Gasteiger charge is 2.43. The third-order valence-corrected chi connectivity index (χ3v) is 7.47. The summed E-state index contributed by atoms with van der Waals surface area (Å²) >= 11 is 0. The average molecular weight is 518 g/mol. The monoisotopic (exact) mass is 517 g/mol. The second kappa shape index (κ2) is 10.7. The number of benzene rings is 2. The first-order valence-electron chi connectivity index (χ1n) is 13.2. The van der Waals surface area contributed by atoms with E-state index in [0.717, 1.165) is 23.2 Å². The van der Waals surface area contributed by atoms with Gasteiger partial charge in [-0.05, 0) is 80.8 Å². The molecule has 6 nitrogen and oxygen atoms in total. The summed E-state index contributed by atoms with van der Waals surface area (Å²) in [4.78, 5) is 26.7. The van der Waals surface area contributed by atoms with Crippen LogP contribution >= 0.6 is 0 Å². The van der Waals surface area contributed by atoms with Gasteiger partial charge in [0.15, 0.2) is 17.3 Å². The van der Waals surface area contributed by atoms with Crippen molar-refractivity contribution >= 4 is 11.8 Å². The molecule has 4 rings (SSSR count). The van der Waals surface area contributed by atoms with Crippen molar-refractivity contribution in [3.05, 3.63) is 80.7 Å². The summed E-state index contributed by atoms with van der Waals surface area (Å²) in [5, 5.41) is 3.37. The van der Waals surface area contributed by atoms with E-state index in [1.165, 1.54) is 16.7 Å². The topological polar surface area (TPSA) is 73.9 Å². The van der Waals surface area contributed by atoms with Gasteiger partial charge in [-0.25, -0.2) is 4.79 Å². The molecule has 0 radical (unpaired) electrons. The van der Waals surface area contributed by atoms with E-state index >= 15 is 0 Å². The number of nitrogens with one attached hydrogen (secondary N) is 1. The Morgan fingerprint density at radius 3 is 2.34 bits per heavy atom. The maximum Gasteiger partial charge on any atom is 0.336 e. The Morgan fingerprint density at radius 1 is 1.03 bits per heavy atom. The molecule has 0 fully saturated rings. The number of allylic oxidation sites excluding steroid dienone is 3. The number of methoxy groups -OCH3 is 1. The fraction of sp³-hybridized carbons (Fsp3) is 0.438. The summed E-state index contributed by atoms with van der Waals surface area (Å²) in [6.07, 6.45) is 1.15. The molecule has 2 aromatic rings. The molecule has 6 heteroatoms. The molecule has 1 aliphatic carbocycles. The zero-order valence-corrected chi connectivity index (χ0v) is 23.8. The molecular weight excluding hydrogens is 478 g/mol. The van der Waals surface area contributed by atoms with Gasteiger partial charge in [0.1, 0.15) is 6.61 Å². The van der Waals surface area contributed by atoms with E-state index in [0.29, 0.717) is 41.4 Å². The Labute approximate surface area is 226 Å².